The summed E-state index contributed by atoms with van der Waals surface area (Å²) in [7, 11) is 1.40. The van der Waals surface area contributed by atoms with Crippen LogP contribution in [-0.2, 0) is 19.1 Å². The largest absolute Gasteiger partial charge is 0.469 e. The van der Waals surface area contributed by atoms with Gasteiger partial charge in [-0.1, -0.05) is 13.8 Å². The maximum Gasteiger partial charge on any atom is 0.305 e. The summed E-state index contributed by atoms with van der Waals surface area (Å²) < 4.78 is 8.90. The lowest BCUT2D eigenvalue weighted by Crippen LogP contribution is -1.98. The second-order valence-electron chi connectivity index (χ2n) is 2.67. The van der Waals surface area contributed by atoms with Crippen LogP contribution in [0.15, 0.2) is 0 Å². The van der Waals surface area contributed by atoms with Crippen LogP contribution in [0.1, 0.15) is 40.0 Å². The fourth-order valence-electron chi connectivity index (χ4n) is 0.552. The van der Waals surface area contributed by atoms with Gasteiger partial charge in [-0.2, -0.15) is 0 Å². The monoisotopic (exact) mass is 204 g/mol. The number of methoxy groups -OCH3 is 1. The second kappa shape index (κ2) is 11.9. The van der Waals surface area contributed by atoms with Gasteiger partial charge in [-0.25, -0.2) is 0 Å². The molecule has 0 spiro atoms. The lowest BCUT2D eigenvalue weighted by Gasteiger charge is -1.93. The van der Waals surface area contributed by atoms with Crippen molar-refractivity contribution in [2.24, 2.45) is 0 Å². The minimum Gasteiger partial charge on any atom is -0.469 e. The lowest BCUT2D eigenvalue weighted by molar-refractivity contribution is -0.141. The third-order valence-corrected chi connectivity index (χ3v) is 1.19. The molecule has 0 aromatic rings. The van der Waals surface area contributed by atoms with E-state index in [0.29, 0.717) is 13.0 Å². The smallest absolute Gasteiger partial charge is 0.305 e. The Morgan fingerprint density at radius 1 is 1.14 bits per heavy atom. The Labute approximate surface area is 85.6 Å². The van der Waals surface area contributed by atoms with Crippen LogP contribution in [-0.4, -0.2) is 25.7 Å². The molecule has 0 N–H and O–H groups in total. The van der Waals surface area contributed by atoms with Crippen LogP contribution < -0.4 is 0 Å². The molecule has 0 radical (unpaired) electrons. The molecule has 4 heteroatoms. The number of hydrogen-bond acceptors (Lipinski definition) is 4. The molecule has 0 aromatic carbocycles. The first-order valence-corrected chi connectivity index (χ1v) is 4.78. The Morgan fingerprint density at radius 3 is 1.86 bits per heavy atom. The van der Waals surface area contributed by atoms with Crippen molar-refractivity contribution in [2.75, 3.05) is 13.7 Å². The highest BCUT2D eigenvalue weighted by Gasteiger charge is 1.92. The van der Waals surface area contributed by atoms with Gasteiger partial charge in [-0.3, -0.25) is 9.59 Å². The first-order chi connectivity index (χ1) is 6.58. The summed E-state index contributed by atoms with van der Waals surface area (Å²) >= 11 is 0. The number of ether oxygens (including phenoxy) is 2. The Kier molecular flexibility index (Phi) is 13.1. The van der Waals surface area contributed by atoms with E-state index in [1.807, 2.05) is 13.8 Å². The fourth-order valence-corrected chi connectivity index (χ4v) is 0.552. The molecular weight excluding hydrogens is 184 g/mol. The van der Waals surface area contributed by atoms with E-state index in [4.69, 9.17) is 0 Å². The molecule has 0 aliphatic carbocycles. The fraction of sp³-hybridized carbons (Fsp3) is 0.800. The first-order valence-electron chi connectivity index (χ1n) is 4.78. The molecule has 0 atom stereocenters. The summed E-state index contributed by atoms with van der Waals surface area (Å²) in [6.07, 6.45) is 2.31. The van der Waals surface area contributed by atoms with E-state index in [1.54, 1.807) is 0 Å². The van der Waals surface area contributed by atoms with E-state index in [0.717, 1.165) is 12.8 Å². The Balaban J connectivity index is 0. The molecule has 84 valence electrons. The van der Waals surface area contributed by atoms with Crippen molar-refractivity contribution in [3.8, 4) is 0 Å². The van der Waals surface area contributed by atoms with Gasteiger partial charge in [0.05, 0.1) is 13.7 Å². The maximum atomic E-state index is 10.2. The van der Waals surface area contributed by atoms with Crippen LogP contribution in [0, 0.1) is 0 Å². The minimum absolute atomic E-state index is 0.123. The van der Waals surface area contributed by atoms with Crippen molar-refractivity contribution in [3.63, 3.8) is 0 Å². The number of hydrogen-bond donors (Lipinski definition) is 0. The van der Waals surface area contributed by atoms with Gasteiger partial charge in [0.2, 0.25) is 0 Å². The van der Waals surface area contributed by atoms with Crippen LogP contribution in [0.5, 0.6) is 0 Å². The molecule has 14 heavy (non-hydrogen) atoms. The number of carbonyl (C=O) groups excluding carboxylic acids is 2. The SMILES string of the molecule is CCCC(=O)OC.CCCOC(C)=O. The topological polar surface area (TPSA) is 52.6 Å². The first kappa shape index (κ1) is 15.4. The van der Waals surface area contributed by atoms with Crippen LogP contribution in [0.4, 0.5) is 0 Å². The molecule has 0 aliphatic heterocycles. The van der Waals surface area contributed by atoms with Crippen LogP contribution in [0.2, 0.25) is 0 Å². The number of rotatable bonds is 4. The molecular formula is C10H20O4. The zero-order valence-corrected chi connectivity index (χ0v) is 9.46. The highest BCUT2D eigenvalue weighted by Crippen LogP contribution is 1.86. The predicted molar refractivity (Wildman–Crippen MR) is 53.8 cm³/mol. The molecule has 0 aliphatic rings. The van der Waals surface area contributed by atoms with Gasteiger partial charge in [-0.15, -0.1) is 0 Å². The zero-order chi connectivity index (χ0) is 11.4. The van der Waals surface area contributed by atoms with Crippen molar-refractivity contribution in [2.45, 2.75) is 40.0 Å². The van der Waals surface area contributed by atoms with Gasteiger partial charge in [0, 0.05) is 13.3 Å². The quantitative estimate of drug-likeness (QED) is 0.656. The summed E-state index contributed by atoms with van der Waals surface area (Å²) in [5, 5.41) is 0. The Bertz CT molecular complexity index is 154. The molecule has 0 unspecified atom stereocenters. The summed E-state index contributed by atoms with van der Waals surface area (Å²) in [5.74, 6) is -0.315. The highest BCUT2D eigenvalue weighted by atomic mass is 16.5. The van der Waals surface area contributed by atoms with Gasteiger partial charge in [0.25, 0.3) is 0 Å². The molecule has 0 fully saturated rings. The lowest BCUT2D eigenvalue weighted by atomic mass is 10.3. The average Bonchev–Trinajstić information content (AvgIpc) is 2.16. The van der Waals surface area contributed by atoms with Crippen LogP contribution in [0.3, 0.4) is 0 Å². The predicted octanol–water partition coefficient (Wildman–Crippen LogP) is 1.92. The van der Waals surface area contributed by atoms with Crippen molar-refractivity contribution in [3.05, 3.63) is 0 Å². The number of carbonyl (C=O) groups is 2. The third kappa shape index (κ3) is 17.1. The number of esters is 2. The van der Waals surface area contributed by atoms with Gasteiger partial charge in [0.15, 0.2) is 0 Å². The molecule has 0 heterocycles. The average molecular weight is 204 g/mol. The van der Waals surface area contributed by atoms with E-state index in [-0.39, 0.29) is 11.9 Å². The molecule has 0 rings (SSSR count). The molecule has 4 nitrogen and oxygen atoms in total. The van der Waals surface area contributed by atoms with Gasteiger partial charge in [0.1, 0.15) is 0 Å². The highest BCUT2D eigenvalue weighted by molar-refractivity contribution is 5.68. The van der Waals surface area contributed by atoms with E-state index in [1.165, 1.54) is 14.0 Å². The molecule has 0 bridgehead atoms. The molecule has 0 saturated heterocycles. The van der Waals surface area contributed by atoms with Gasteiger partial charge in [-0.05, 0) is 12.8 Å². The van der Waals surface area contributed by atoms with Crippen LogP contribution in [0.25, 0.3) is 0 Å². The van der Waals surface area contributed by atoms with Gasteiger partial charge >= 0.3 is 11.9 Å². The van der Waals surface area contributed by atoms with Crippen molar-refractivity contribution in [1.29, 1.82) is 0 Å². The molecule has 0 aromatic heterocycles. The summed E-state index contributed by atoms with van der Waals surface area (Å²) in [4.78, 5) is 20.2. The van der Waals surface area contributed by atoms with E-state index in [2.05, 4.69) is 9.47 Å². The zero-order valence-electron chi connectivity index (χ0n) is 9.46. The molecule has 0 saturated carbocycles. The van der Waals surface area contributed by atoms with E-state index >= 15 is 0 Å². The van der Waals surface area contributed by atoms with Crippen LogP contribution >= 0.6 is 0 Å². The summed E-state index contributed by atoms with van der Waals surface area (Å²) in [6.45, 7) is 5.87. The van der Waals surface area contributed by atoms with Crippen molar-refractivity contribution >= 4 is 11.9 Å². The normalized spacial score (nSPS) is 8.29. The summed E-state index contributed by atoms with van der Waals surface area (Å²) in [5.41, 5.74) is 0. The second-order valence-corrected chi connectivity index (χ2v) is 2.67. The Hall–Kier alpha value is -1.06. The van der Waals surface area contributed by atoms with Gasteiger partial charge < -0.3 is 9.47 Å². The third-order valence-electron chi connectivity index (χ3n) is 1.19. The van der Waals surface area contributed by atoms with Crippen molar-refractivity contribution in [1.82, 2.24) is 0 Å². The van der Waals surface area contributed by atoms with E-state index in [9.17, 15) is 9.59 Å². The Morgan fingerprint density at radius 2 is 1.71 bits per heavy atom. The van der Waals surface area contributed by atoms with Crippen molar-refractivity contribution < 1.29 is 19.1 Å². The standard InChI is InChI=1S/2C5H10O2/c1-3-4-5(6)7-2;1-3-4-7-5(2)6/h2*3-4H2,1-2H3. The summed E-state index contributed by atoms with van der Waals surface area (Å²) in [6, 6.07) is 0. The maximum absolute atomic E-state index is 10.2. The minimum atomic E-state index is -0.193. The molecule has 0 amide bonds. The van der Waals surface area contributed by atoms with E-state index < -0.39 is 0 Å².